The Morgan fingerprint density at radius 1 is 1.80 bits per heavy atom. The zero-order chi connectivity index (χ0) is 7.56. The summed E-state index contributed by atoms with van der Waals surface area (Å²) in [5, 5.41) is 15.8. The first-order chi connectivity index (χ1) is 4.75. The van der Waals surface area contributed by atoms with Crippen LogP contribution in [0, 0.1) is 0 Å². The zero-order valence-electron chi connectivity index (χ0n) is 5.25. The van der Waals surface area contributed by atoms with Gasteiger partial charge in [-0.2, -0.15) is 0 Å². The van der Waals surface area contributed by atoms with Gasteiger partial charge in [-0.1, -0.05) is 0 Å². The lowest BCUT2D eigenvalue weighted by Crippen LogP contribution is -2.16. The van der Waals surface area contributed by atoms with Gasteiger partial charge < -0.3 is 9.84 Å². The van der Waals surface area contributed by atoms with Crippen LogP contribution >= 0.6 is 0 Å². The maximum Gasteiger partial charge on any atom is 0.321 e. The highest BCUT2D eigenvalue weighted by molar-refractivity contribution is 5.95. The molecule has 1 rings (SSSR count). The van der Waals surface area contributed by atoms with Crippen LogP contribution < -0.4 is 5.32 Å². The number of hydrogen-bond acceptors (Lipinski definition) is 3. The second kappa shape index (κ2) is 2.38. The summed E-state index contributed by atoms with van der Waals surface area (Å²) in [5.74, 6) is -1.12. The Labute approximate surface area is 56.6 Å². The maximum atomic E-state index is 10.7. The van der Waals surface area contributed by atoms with Crippen LogP contribution in [0.4, 0.5) is 0 Å². The Morgan fingerprint density at radius 2 is 2.50 bits per heavy atom. The molecule has 1 heterocycles. The normalized spacial score (nSPS) is 9.30. The molecule has 0 aliphatic heterocycles. The smallest absolute Gasteiger partial charge is 0.321 e. The zero-order valence-corrected chi connectivity index (χ0v) is 5.25. The summed E-state index contributed by atoms with van der Waals surface area (Å²) in [5.41, 5.74) is -0.0671. The lowest BCUT2D eigenvalue weighted by molar-refractivity contribution is 0.0958. The van der Waals surface area contributed by atoms with Gasteiger partial charge in [-0.05, 0) is 5.16 Å². The fraction of sp³-hybridized carbons (Fsp3) is 0.200. The quantitative estimate of drug-likeness (QED) is 0.606. The molecule has 1 aromatic rings. The van der Waals surface area contributed by atoms with Crippen LogP contribution in [-0.2, 0) is 5.11 Å². The molecule has 0 spiro atoms. The number of aromatic nitrogens is 1. The van der Waals surface area contributed by atoms with Gasteiger partial charge in [0, 0.05) is 7.05 Å². The molecule has 0 unspecified atom stereocenters. The fourth-order valence-electron chi connectivity index (χ4n) is 0.512. The van der Waals surface area contributed by atoms with E-state index >= 15 is 0 Å². The minimum Gasteiger partial charge on any atom is -0.360 e. The number of nitrogens with one attached hydrogen (secondary N) is 1. The van der Waals surface area contributed by atoms with Crippen molar-refractivity contribution in [3.8, 4) is 5.88 Å². The van der Waals surface area contributed by atoms with Crippen molar-refractivity contribution in [1.82, 2.24) is 10.5 Å². The largest absolute Gasteiger partial charge is 0.360 e. The van der Waals surface area contributed by atoms with E-state index in [1.54, 1.807) is 0 Å². The molecular weight excluding hydrogens is 136 g/mol. The first-order valence-electron chi connectivity index (χ1n) is 2.59. The first kappa shape index (κ1) is 6.60. The van der Waals surface area contributed by atoms with E-state index in [9.17, 15) is 9.90 Å². The fourth-order valence-corrected chi connectivity index (χ4v) is 0.512. The van der Waals surface area contributed by atoms with Crippen LogP contribution in [0.1, 0.15) is 10.4 Å². The van der Waals surface area contributed by atoms with Gasteiger partial charge in [0.25, 0.3) is 5.91 Å². The number of nitrogens with zero attached hydrogens (tertiary/aromatic N) is 1. The molecule has 0 saturated heterocycles. The van der Waals surface area contributed by atoms with Crippen molar-refractivity contribution in [3.05, 3.63) is 11.8 Å². The highest BCUT2D eigenvalue weighted by atomic mass is 16.5. The number of carbonyl (C=O) groups excluding carboxylic acids is 1. The summed E-state index contributed by atoms with van der Waals surface area (Å²) >= 11 is 0. The SMILES string of the molecule is CNC(=O)c1conc1[O]. The van der Waals surface area contributed by atoms with Crippen LogP contribution in [-0.4, -0.2) is 18.1 Å². The van der Waals surface area contributed by atoms with Gasteiger partial charge in [0.05, 0.1) is 0 Å². The van der Waals surface area contributed by atoms with Gasteiger partial charge in [0.15, 0.2) is 0 Å². The van der Waals surface area contributed by atoms with Gasteiger partial charge in [-0.25, -0.2) is 0 Å². The molecule has 10 heavy (non-hydrogen) atoms. The minimum atomic E-state index is -0.639. The molecule has 5 heteroatoms. The lowest BCUT2D eigenvalue weighted by atomic mass is 10.3. The van der Waals surface area contributed by atoms with Crippen LogP contribution in [0.15, 0.2) is 10.8 Å². The number of carbonyl (C=O) groups is 1. The lowest BCUT2D eigenvalue weighted by Gasteiger charge is -1.89. The second-order valence-electron chi connectivity index (χ2n) is 1.61. The van der Waals surface area contributed by atoms with Crippen molar-refractivity contribution in [2.24, 2.45) is 0 Å². The Kier molecular flexibility index (Phi) is 1.57. The van der Waals surface area contributed by atoms with Gasteiger partial charge in [0.2, 0.25) is 0 Å². The highest BCUT2D eigenvalue weighted by Crippen LogP contribution is 2.12. The number of rotatable bonds is 1. The molecule has 5 nitrogen and oxygen atoms in total. The molecule has 0 saturated carbocycles. The molecule has 1 radical (unpaired) electrons. The van der Waals surface area contributed by atoms with E-state index in [-0.39, 0.29) is 5.56 Å². The summed E-state index contributed by atoms with van der Waals surface area (Å²) < 4.78 is 4.24. The monoisotopic (exact) mass is 141 g/mol. The molecule has 0 aromatic carbocycles. The predicted molar refractivity (Wildman–Crippen MR) is 30.0 cm³/mol. The van der Waals surface area contributed by atoms with E-state index in [0.29, 0.717) is 0 Å². The van der Waals surface area contributed by atoms with Crippen molar-refractivity contribution in [1.29, 1.82) is 0 Å². The standard InChI is InChI=1S/C5H5N2O3/c1-6-4(8)3-2-10-7-5(3)9/h2H,1H3,(H,6,8). The summed E-state index contributed by atoms with van der Waals surface area (Å²) in [7, 11) is 1.43. The third kappa shape index (κ3) is 0.928. The van der Waals surface area contributed by atoms with E-state index in [1.165, 1.54) is 7.05 Å². The van der Waals surface area contributed by atoms with Crippen LogP contribution in [0.5, 0.6) is 5.88 Å². The van der Waals surface area contributed by atoms with Crippen molar-refractivity contribution in [2.45, 2.75) is 0 Å². The highest BCUT2D eigenvalue weighted by Gasteiger charge is 2.14. The first-order valence-corrected chi connectivity index (χ1v) is 2.59. The molecular formula is C5H5N2O3. The minimum absolute atomic E-state index is 0.0671. The molecule has 0 atom stereocenters. The van der Waals surface area contributed by atoms with Crippen molar-refractivity contribution in [3.63, 3.8) is 0 Å². The van der Waals surface area contributed by atoms with Crippen molar-refractivity contribution in [2.75, 3.05) is 7.05 Å². The molecule has 53 valence electrons. The Bertz CT molecular complexity index is 243. The van der Waals surface area contributed by atoms with Crippen LogP contribution in [0.25, 0.3) is 0 Å². The molecule has 0 aliphatic carbocycles. The molecule has 1 amide bonds. The molecule has 1 N–H and O–H groups in total. The molecule has 0 fully saturated rings. The molecule has 0 aliphatic rings. The molecule has 1 aromatic heterocycles. The summed E-state index contributed by atoms with van der Waals surface area (Å²) in [4.78, 5) is 10.7. The second-order valence-corrected chi connectivity index (χ2v) is 1.61. The van der Waals surface area contributed by atoms with Gasteiger partial charge in [0.1, 0.15) is 11.8 Å². The van der Waals surface area contributed by atoms with Gasteiger partial charge in [-0.15, -0.1) is 0 Å². The average molecular weight is 141 g/mol. The Hall–Kier alpha value is -1.52. The Balaban J connectivity index is 2.93. The summed E-state index contributed by atoms with van der Waals surface area (Å²) in [6, 6.07) is 0. The number of hydrogen-bond donors (Lipinski definition) is 1. The van der Waals surface area contributed by atoms with E-state index in [4.69, 9.17) is 0 Å². The summed E-state index contributed by atoms with van der Waals surface area (Å²) in [6.45, 7) is 0. The Morgan fingerprint density at radius 3 is 2.90 bits per heavy atom. The van der Waals surface area contributed by atoms with Gasteiger partial charge in [-0.3, -0.25) is 9.90 Å². The average Bonchev–Trinajstić information content (AvgIpc) is 2.34. The topological polar surface area (TPSA) is 75.0 Å². The number of amides is 1. The van der Waals surface area contributed by atoms with Crippen LogP contribution in [0.3, 0.4) is 0 Å². The third-order valence-electron chi connectivity index (χ3n) is 1.01. The third-order valence-corrected chi connectivity index (χ3v) is 1.01. The van der Waals surface area contributed by atoms with E-state index in [2.05, 4.69) is 15.0 Å². The van der Waals surface area contributed by atoms with Crippen molar-refractivity contribution < 1.29 is 14.4 Å². The van der Waals surface area contributed by atoms with E-state index in [1.807, 2.05) is 0 Å². The summed E-state index contributed by atoms with van der Waals surface area (Å²) in [6.07, 6.45) is 1.02. The van der Waals surface area contributed by atoms with Crippen LogP contribution in [0.2, 0.25) is 0 Å². The predicted octanol–water partition coefficient (Wildman–Crippen LogP) is 0.178. The van der Waals surface area contributed by atoms with Gasteiger partial charge >= 0.3 is 5.88 Å². The van der Waals surface area contributed by atoms with E-state index in [0.717, 1.165) is 6.26 Å². The van der Waals surface area contributed by atoms with E-state index < -0.39 is 11.8 Å². The maximum absolute atomic E-state index is 10.7. The van der Waals surface area contributed by atoms with Crippen molar-refractivity contribution >= 4 is 5.91 Å². The molecule has 0 bridgehead atoms.